The lowest BCUT2D eigenvalue weighted by Crippen LogP contribution is -2.53. The highest BCUT2D eigenvalue weighted by atomic mass is 35.5. The minimum absolute atomic E-state index is 0.0555. The van der Waals surface area contributed by atoms with Crippen molar-refractivity contribution in [3.63, 3.8) is 0 Å². The van der Waals surface area contributed by atoms with Crippen molar-refractivity contribution in [2.75, 3.05) is 13.1 Å². The quantitative estimate of drug-likeness (QED) is 0.480. The van der Waals surface area contributed by atoms with Gasteiger partial charge in [-0.2, -0.15) is 0 Å². The van der Waals surface area contributed by atoms with Crippen LogP contribution in [-0.4, -0.2) is 73.0 Å². The maximum atomic E-state index is 13.5. The summed E-state index contributed by atoms with van der Waals surface area (Å²) in [4.78, 5) is 51.8. The molecule has 0 radical (unpaired) electrons. The average molecular weight is 544 g/mol. The van der Waals surface area contributed by atoms with E-state index in [4.69, 9.17) is 16.3 Å². The molecule has 0 aliphatic carbocycles. The van der Waals surface area contributed by atoms with Crippen molar-refractivity contribution in [3.05, 3.63) is 28.8 Å². The fourth-order valence-electron chi connectivity index (χ4n) is 3.93. The van der Waals surface area contributed by atoms with Gasteiger partial charge in [0.2, 0.25) is 11.7 Å². The summed E-state index contributed by atoms with van der Waals surface area (Å²) in [5.74, 6) is -2.40. The second-order valence-corrected chi connectivity index (χ2v) is 12.3. The molecule has 2 rings (SSSR count). The van der Waals surface area contributed by atoms with Gasteiger partial charge in [-0.25, -0.2) is 13.2 Å². The Hall–Kier alpha value is -2.66. The Morgan fingerprint density at radius 2 is 1.83 bits per heavy atom. The number of halogens is 1. The molecule has 1 heterocycles. The molecule has 1 aliphatic heterocycles. The Morgan fingerprint density at radius 1 is 1.19 bits per heavy atom. The van der Waals surface area contributed by atoms with E-state index >= 15 is 0 Å². The van der Waals surface area contributed by atoms with Gasteiger partial charge in [0.1, 0.15) is 11.6 Å². The predicted octanol–water partition coefficient (Wildman–Crippen LogP) is 2.40. The van der Waals surface area contributed by atoms with Crippen molar-refractivity contribution >= 4 is 45.1 Å². The highest BCUT2D eigenvalue weighted by molar-refractivity contribution is 7.92. The summed E-state index contributed by atoms with van der Waals surface area (Å²) in [5.41, 5.74) is -0.444. The summed E-state index contributed by atoms with van der Waals surface area (Å²) >= 11 is 5.97. The van der Waals surface area contributed by atoms with Gasteiger partial charge in [-0.3, -0.25) is 19.3 Å². The molecular formula is C24H34ClN3O7S. The molecule has 3 atom stereocenters. The predicted molar refractivity (Wildman–Crippen MR) is 134 cm³/mol. The average Bonchev–Trinajstić information content (AvgIpc) is 3.22. The molecule has 36 heavy (non-hydrogen) atoms. The fraction of sp³-hybridized carbons (Fsp3) is 0.583. The lowest BCUT2D eigenvalue weighted by Gasteiger charge is -2.28. The normalized spacial score (nSPS) is 18.9. The van der Waals surface area contributed by atoms with Crippen molar-refractivity contribution < 1.29 is 32.3 Å². The minimum Gasteiger partial charge on any atom is -0.444 e. The molecule has 0 spiro atoms. The maximum Gasteiger partial charge on any atom is 0.411 e. The number of amides is 3. The Labute approximate surface area is 217 Å². The smallest absolute Gasteiger partial charge is 0.411 e. The van der Waals surface area contributed by atoms with E-state index in [1.807, 2.05) is 0 Å². The van der Waals surface area contributed by atoms with Gasteiger partial charge in [-0.05, 0) is 71.2 Å². The zero-order chi connectivity index (χ0) is 27.4. The van der Waals surface area contributed by atoms with Crippen LogP contribution >= 0.6 is 11.6 Å². The number of nitrogens with one attached hydrogen (secondary N) is 2. The number of ether oxygens (including phenoxy) is 1. The molecule has 0 saturated carbocycles. The first kappa shape index (κ1) is 29.6. The van der Waals surface area contributed by atoms with E-state index in [9.17, 15) is 27.6 Å². The largest absolute Gasteiger partial charge is 0.444 e. The van der Waals surface area contributed by atoms with E-state index in [0.29, 0.717) is 10.6 Å². The van der Waals surface area contributed by atoms with Gasteiger partial charge in [0.25, 0.3) is 5.91 Å². The maximum absolute atomic E-state index is 13.5. The third kappa shape index (κ3) is 6.97. The molecule has 2 N–H and O–H groups in total. The van der Waals surface area contributed by atoms with Gasteiger partial charge in [-0.1, -0.05) is 18.5 Å². The molecule has 200 valence electrons. The van der Waals surface area contributed by atoms with Crippen molar-refractivity contribution in [3.8, 4) is 0 Å². The van der Waals surface area contributed by atoms with Crippen LogP contribution in [0.2, 0.25) is 5.02 Å². The SMILES string of the molecule is CCNC(=O)C(=O)[C@H](CC)NC(=O)[C@@H]1C[C@@H](S(=O)(=O)c2ccc(Cl)cc2C)CN1C(=O)OC(C)(C)C. The molecule has 0 unspecified atom stereocenters. The fourth-order valence-corrected chi connectivity index (χ4v) is 6.08. The summed E-state index contributed by atoms with van der Waals surface area (Å²) in [6.45, 7) is 9.82. The highest BCUT2D eigenvalue weighted by Gasteiger charge is 2.47. The third-order valence-corrected chi connectivity index (χ3v) is 8.20. The molecule has 1 saturated heterocycles. The number of Topliss-reactive ketones (excluding diaryl/α,β-unsaturated/α-hetero) is 1. The number of rotatable bonds is 8. The van der Waals surface area contributed by atoms with Crippen LogP contribution < -0.4 is 10.6 Å². The molecule has 0 bridgehead atoms. The van der Waals surface area contributed by atoms with Gasteiger partial charge in [0, 0.05) is 18.1 Å². The zero-order valence-corrected chi connectivity index (χ0v) is 23.0. The summed E-state index contributed by atoms with van der Waals surface area (Å²) in [7, 11) is -3.95. The lowest BCUT2D eigenvalue weighted by molar-refractivity contribution is -0.140. The Balaban J connectivity index is 2.37. The molecule has 10 nitrogen and oxygen atoms in total. The van der Waals surface area contributed by atoms with Crippen LogP contribution in [0.15, 0.2) is 23.1 Å². The monoisotopic (exact) mass is 543 g/mol. The molecule has 0 aromatic heterocycles. The van der Waals surface area contributed by atoms with E-state index in [1.165, 1.54) is 18.2 Å². The summed E-state index contributed by atoms with van der Waals surface area (Å²) in [5, 5.41) is 4.20. The second kappa shape index (κ2) is 11.6. The third-order valence-electron chi connectivity index (χ3n) is 5.68. The summed E-state index contributed by atoms with van der Waals surface area (Å²) < 4.78 is 32.4. The van der Waals surface area contributed by atoms with Crippen LogP contribution in [0, 0.1) is 6.92 Å². The van der Waals surface area contributed by atoms with E-state index in [1.54, 1.807) is 41.5 Å². The standard InChI is InChI=1S/C24H34ClN3O7S/c1-7-17(20(29)22(31)26-8-2)27-21(30)18-12-16(13-28(18)23(32)35-24(4,5)6)36(33,34)19-10-9-15(25)11-14(19)3/h9-11,16-18H,7-8,12-13H2,1-6H3,(H,26,31)(H,27,30)/t16-,17+,18+/m1/s1. The summed E-state index contributed by atoms with van der Waals surface area (Å²) in [6, 6.07) is 2.04. The molecule has 1 aromatic carbocycles. The van der Waals surface area contributed by atoms with Gasteiger partial charge >= 0.3 is 6.09 Å². The number of benzene rings is 1. The molecule has 12 heteroatoms. The van der Waals surface area contributed by atoms with Gasteiger partial charge in [0.15, 0.2) is 9.84 Å². The van der Waals surface area contributed by atoms with Crippen LogP contribution in [0.4, 0.5) is 4.79 Å². The molecule has 1 fully saturated rings. The summed E-state index contributed by atoms with van der Waals surface area (Å²) in [6.07, 6.45) is -0.926. The Morgan fingerprint density at radius 3 is 2.36 bits per heavy atom. The lowest BCUT2D eigenvalue weighted by atomic mass is 10.1. The van der Waals surface area contributed by atoms with Gasteiger partial charge in [-0.15, -0.1) is 0 Å². The number of likely N-dealkylation sites (tertiary alicyclic amines) is 1. The van der Waals surface area contributed by atoms with Crippen molar-refractivity contribution in [1.82, 2.24) is 15.5 Å². The first-order valence-corrected chi connectivity index (χ1v) is 13.7. The Kier molecular flexibility index (Phi) is 9.52. The highest BCUT2D eigenvalue weighted by Crippen LogP contribution is 2.32. The number of aryl methyl sites for hydroxylation is 1. The first-order valence-electron chi connectivity index (χ1n) is 11.7. The number of carbonyl (C=O) groups is 4. The zero-order valence-electron chi connectivity index (χ0n) is 21.4. The van der Waals surface area contributed by atoms with E-state index in [0.717, 1.165) is 4.90 Å². The molecule has 1 aliphatic rings. The van der Waals surface area contributed by atoms with Gasteiger partial charge in [0.05, 0.1) is 16.2 Å². The number of sulfone groups is 1. The number of ketones is 1. The van der Waals surface area contributed by atoms with Gasteiger partial charge < -0.3 is 15.4 Å². The van der Waals surface area contributed by atoms with Crippen LogP contribution in [0.25, 0.3) is 0 Å². The molecular weight excluding hydrogens is 510 g/mol. The van der Waals surface area contributed by atoms with Crippen LogP contribution in [-0.2, 0) is 29.0 Å². The topological polar surface area (TPSA) is 139 Å². The van der Waals surface area contributed by atoms with Crippen LogP contribution in [0.3, 0.4) is 0 Å². The second-order valence-electron chi connectivity index (χ2n) is 9.65. The number of hydrogen-bond acceptors (Lipinski definition) is 7. The molecule has 3 amide bonds. The van der Waals surface area contributed by atoms with E-state index in [-0.39, 0.29) is 30.8 Å². The van der Waals surface area contributed by atoms with Crippen molar-refractivity contribution in [2.24, 2.45) is 0 Å². The minimum atomic E-state index is -3.95. The van der Waals surface area contributed by atoms with Crippen molar-refractivity contribution in [1.29, 1.82) is 0 Å². The van der Waals surface area contributed by atoms with Crippen LogP contribution in [0.5, 0.6) is 0 Å². The number of nitrogens with zero attached hydrogens (tertiary/aromatic N) is 1. The first-order chi connectivity index (χ1) is 16.6. The van der Waals surface area contributed by atoms with E-state index < -0.39 is 56.5 Å². The molecule has 1 aromatic rings. The van der Waals surface area contributed by atoms with Crippen LogP contribution in [0.1, 0.15) is 53.0 Å². The number of hydrogen-bond donors (Lipinski definition) is 2. The number of likely N-dealkylation sites (N-methyl/N-ethyl adjacent to an activating group) is 1. The number of carbonyl (C=O) groups excluding carboxylic acids is 4. The van der Waals surface area contributed by atoms with Crippen molar-refractivity contribution in [2.45, 2.75) is 82.2 Å². The van der Waals surface area contributed by atoms with E-state index in [2.05, 4.69) is 10.6 Å². The Bertz CT molecular complexity index is 1130.